The number of hydrogen-bond acceptors (Lipinski definition) is 4. The van der Waals surface area contributed by atoms with Crippen LogP contribution >= 0.6 is 0 Å². The van der Waals surface area contributed by atoms with Crippen molar-refractivity contribution in [3.05, 3.63) is 48.2 Å². The standard InChI is InChI=1S/C14H14O4/c15-12-6-8-17-13(10-12)7-9-18-14(16)11-4-2-1-3-5-11/h1-6,8,13H,7,9-10H2. The third-order valence-corrected chi connectivity index (χ3v) is 2.64. The van der Waals surface area contributed by atoms with Crippen molar-refractivity contribution in [2.24, 2.45) is 0 Å². The lowest BCUT2D eigenvalue weighted by Crippen LogP contribution is -2.21. The first-order valence-corrected chi connectivity index (χ1v) is 5.83. The van der Waals surface area contributed by atoms with E-state index in [-0.39, 0.29) is 24.5 Å². The smallest absolute Gasteiger partial charge is 0.338 e. The lowest BCUT2D eigenvalue weighted by atomic mass is 10.1. The van der Waals surface area contributed by atoms with E-state index in [0.29, 0.717) is 18.4 Å². The highest BCUT2D eigenvalue weighted by Gasteiger charge is 2.17. The Bertz CT molecular complexity index is 450. The van der Waals surface area contributed by atoms with Crippen LogP contribution in [-0.4, -0.2) is 24.5 Å². The van der Waals surface area contributed by atoms with Crippen molar-refractivity contribution < 1.29 is 19.1 Å². The minimum atomic E-state index is -0.353. The summed E-state index contributed by atoms with van der Waals surface area (Å²) in [6.45, 7) is 0.250. The van der Waals surface area contributed by atoms with E-state index in [1.54, 1.807) is 24.3 Å². The van der Waals surface area contributed by atoms with Crippen LogP contribution in [0.2, 0.25) is 0 Å². The average molecular weight is 246 g/mol. The summed E-state index contributed by atoms with van der Waals surface area (Å²) >= 11 is 0. The largest absolute Gasteiger partial charge is 0.497 e. The van der Waals surface area contributed by atoms with Gasteiger partial charge in [-0.15, -0.1) is 0 Å². The molecular formula is C14H14O4. The zero-order valence-corrected chi connectivity index (χ0v) is 9.87. The second-order valence-electron chi connectivity index (χ2n) is 4.02. The van der Waals surface area contributed by atoms with Gasteiger partial charge < -0.3 is 9.47 Å². The minimum Gasteiger partial charge on any atom is -0.497 e. The van der Waals surface area contributed by atoms with Gasteiger partial charge in [0.25, 0.3) is 0 Å². The monoisotopic (exact) mass is 246 g/mol. The van der Waals surface area contributed by atoms with Gasteiger partial charge in [0.2, 0.25) is 0 Å². The van der Waals surface area contributed by atoms with Gasteiger partial charge in [-0.1, -0.05) is 18.2 Å². The molecule has 1 aliphatic heterocycles. The van der Waals surface area contributed by atoms with Crippen molar-refractivity contribution in [2.45, 2.75) is 18.9 Å². The number of ether oxygens (including phenoxy) is 2. The maximum atomic E-state index is 11.6. The predicted molar refractivity (Wildman–Crippen MR) is 65.0 cm³/mol. The number of benzene rings is 1. The molecule has 1 unspecified atom stereocenters. The Balaban J connectivity index is 1.74. The Morgan fingerprint density at radius 1 is 1.33 bits per heavy atom. The van der Waals surface area contributed by atoms with E-state index in [1.807, 2.05) is 6.07 Å². The molecule has 1 aliphatic rings. The van der Waals surface area contributed by atoms with Gasteiger partial charge >= 0.3 is 5.97 Å². The van der Waals surface area contributed by atoms with Crippen molar-refractivity contribution in [3.8, 4) is 0 Å². The number of allylic oxidation sites excluding steroid dienone is 1. The Kier molecular flexibility index (Phi) is 4.12. The summed E-state index contributed by atoms with van der Waals surface area (Å²) in [7, 11) is 0. The molecule has 2 rings (SSSR count). The molecule has 0 amide bonds. The average Bonchev–Trinajstić information content (AvgIpc) is 2.40. The van der Waals surface area contributed by atoms with E-state index in [1.165, 1.54) is 12.3 Å². The highest BCUT2D eigenvalue weighted by molar-refractivity contribution is 5.90. The van der Waals surface area contributed by atoms with Gasteiger partial charge in [-0.05, 0) is 12.1 Å². The van der Waals surface area contributed by atoms with Gasteiger partial charge in [0, 0.05) is 18.9 Å². The van der Waals surface area contributed by atoms with Gasteiger partial charge in [-0.25, -0.2) is 4.79 Å². The fourth-order valence-electron chi connectivity index (χ4n) is 1.68. The molecule has 1 aromatic rings. The number of carbonyl (C=O) groups excluding carboxylic acids is 2. The molecule has 4 nitrogen and oxygen atoms in total. The van der Waals surface area contributed by atoms with E-state index in [9.17, 15) is 9.59 Å². The Labute approximate surface area is 105 Å². The Morgan fingerprint density at radius 3 is 2.83 bits per heavy atom. The Morgan fingerprint density at radius 2 is 2.11 bits per heavy atom. The summed E-state index contributed by atoms with van der Waals surface area (Å²) in [5, 5.41) is 0. The summed E-state index contributed by atoms with van der Waals surface area (Å²) in [5.41, 5.74) is 0.526. The van der Waals surface area contributed by atoms with Gasteiger partial charge in [0.05, 0.1) is 18.4 Å². The van der Waals surface area contributed by atoms with Gasteiger partial charge in [-0.3, -0.25) is 4.79 Å². The van der Waals surface area contributed by atoms with E-state index >= 15 is 0 Å². The van der Waals surface area contributed by atoms with E-state index in [2.05, 4.69) is 0 Å². The minimum absolute atomic E-state index is 0.0423. The van der Waals surface area contributed by atoms with E-state index in [4.69, 9.17) is 9.47 Å². The fourth-order valence-corrected chi connectivity index (χ4v) is 1.68. The first-order valence-electron chi connectivity index (χ1n) is 5.83. The molecule has 0 fully saturated rings. The normalized spacial score (nSPS) is 18.2. The van der Waals surface area contributed by atoms with Crippen LogP contribution in [0.4, 0.5) is 0 Å². The summed E-state index contributed by atoms with van der Waals surface area (Å²) in [5.74, 6) is -0.311. The highest BCUT2D eigenvalue weighted by Crippen LogP contribution is 2.11. The second kappa shape index (κ2) is 6.00. The van der Waals surface area contributed by atoms with Gasteiger partial charge in [-0.2, -0.15) is 0 Å². The zero-order valence-electron chi connectivity index (χ0n) is 9.87. The van der Waals surface area contributed by atoms with Crippen molar-refractivity contribution in [1.29, 1.82) is 0 Å². The fraction of sp³-hybridized carbons (Fsp3) is 0.286. The Hall–Kier alpha value is -2.10. The SMILES string of the molecule is O=C1C=COC(CCOC(=O)c2ccccc2)C1. The molecule has 0 N–H and O–H groups in total. The molecule has 18 heavy (non-hydrogen) atoms. The number of ketones is 1. The summed E-state index contributed by atoms with van der Waals surface area (Å²) < 4.78 is 10.4. The third kappa shape index (κ3) is 3.45. The van der Waals surface area contributed by atoms with Crippen molar-refractivity contribution in [2.75, 3.05) is 6.61 Å². The summed E-state index contributed by atoms with van der Waals surface area (Å²) in [4.78, 5) is 22.7. The molecule has 0 radical (unpaired) electrons. The lowest BCUT2D eigenvalue weighted by Gasteiger charge is -2.18. The van der Waals surface area contributed by atoms with Gasteiger partial charge in [0.1, 0.15) is 6.10 Å². The van der Waals surface area contributed by atoms with Crippen molar-refractivity contribution >= 4 is 11.8 Å². The van der Waals surface area contributed by atoms with Crippen LogP contribution in [-0.2, 0) is 14.3 Å². The molecule has 94 valence electrons. The van der Waals surface area contributed by atoms with Crippen LogP contribution < -0.4 is 0 Å². The quantitative estimate of drug-likeness (QED) is 0.763. The number of hydrogen-bond donors (Lipinski definition) is 0. The van der Waals surface area contributed by atoms with Crippen molar-refractivity contribution in [1.82, 2.24) is 0 Å². The van der Waals surface area contributed by atoms with Crippen LogP contribution in [0.3, 0.4) is 0 Å². The predicted octanol–water partition coefficient (Wildman–Crippen LogP) is 2.11. The third-order valence-electron chi connectivity index (χ3n) is 2.64. The second-order valence-corrected chi connectivity index (χ2v) is 4.02. The van der Waals surface area contributed by atoms with Crippen LogP contribution in [0.5, 0.6) is 0 Å². The molecule has 0 bridgehead atoms. The first-order chi connectivity index (χ1) is 8.75. The molecule has 0 saturated heterocycles. The van der Waals surface area contributed by atoms with Crippen LogP contribution in [0, 0.1) is 0 Å². The number of rotatable bonds is 4. The van der Waals surface area contributed by atoms with Crippen molar-refractivity contribution in [3.63, 3.8) is 0 Å². The molecular weight excluding hydrogens is 232 g/mol. The number of esters is 1. The highest BCUT2D eigenvalue weighted by atomic mass is 16.5. The maximum Gasteiger partial charge on any atom is 0.338 e. The zero-order chi connectivity index (χ0) is 12.8. The van der Waals surface area contributed by atoms with Crippen LogP contribution in [0.1, 0.15) is 23.2 Å². The molecule has 4 heteroatoms. The number of carbonyl (C=O) groups is 2. The summed E-state index contributed by atoms with van der Waals surface area (Å²) in [6.07, 6.45) is 3.49. The molecule has 1 heterocycles. The lowest BCUT2D eigenvalue weighted by molar-refractivity contribution is -0.118. The summed E-state index contributed by atoms with van der Waals surface area (Å²) in [6, 6.07) is 8.80. The first kappa shape index (κ1) is 12.4. The van der Waals surface area contributed by atoms with E-state index in [0.717, 1.165) is 0 Å². The van der Waals surface area contributed by atoms with Crippen LogP contribution in [0.15, 0.2) is 42.7 Å². The molecule has 0 saturated carbocycles. The maximum absolute atomic E-state index is 11.6. The molecule has 1 atom stereocenters. The van der Waals surface area contributed by atoms with E-state index < -0.39 is 0 Å². The molecule has 1 aromatic carbocycles. The molecule has 0 spiro atoms. The van der Waals surface area contributed by atoms with Gasteiger partial charge in [0.15, 0.2) is 5.78 Å². The molecule has 0 aromatic heterocycles. The molecule has 0 aliphatic carbocycles. The van der Waals surface area contributed by atoms with Crippen LogP contribution in [0.25, 0.3) is 0 Å². The topological polar surface area (TPSA) is 52.6 Å².